The number of aromatic nitrogens is 1. The van der Waals surface area contributed by atoms with Gasteiger partial charge in [0.2, 0.25) is 0 Å². The molecule has 5 aromatic carbocycles. The summed E-state index contributed by atoms with van der Waals surface area (Å²) >= 11 is 0. The van der Waals surface area contributed by atoms with Gasteiger partial charge < -0.3 is 19.3 Å². The van der Waals surface area contributed by atoms with E-state index in [9.17, 15) is 0 Å². The summed E-state index contributed by atoms with van der Waals surface area (Å²) in [7, 11) is 2.22. The van der Waals surface area contributed by atoms with Crippen molar-refractivity contribution >= 4 is 33.7 Å². The van der Waals surface area contributed by atoms with Crippen molar-refractivity contribution in [2.75, 3.05) is 28.3 Å². The molecule has 224 valence electrons. The van der Waals surface area contributed by atoms with E-state index in [-0.39, 0.29) is 18.1 Å². The molecular formula is C42H36N4. The van der Waals surface area contributed by atoms with E-state index in [1.807, 2.05) is 0 Å². The highest BCUT2D eigenvalue weighted by Gasteiger charge is 2.38. The van der Waals surface area contributed by atoms with Gasteiger partial charge >= 0.3 is 0 Å². The number of nitrogens with zero attached hydrogens (tertiary/aromatic N) is 4. The van der Waals surface area contributed by atoms with Crippen LogP contribution in [0, 0.1) is 0 Å². The van der Waals surface area contributed by atoms with Crippen molar-refractivity contribution in [1.82, 2.24) is 4.57 Å². The number of allylic oxidation sites excluding steroid dienone is 2. The number of hydrogen-bond donors (Lipinski definition) is 0. The maximum atomic E-state index is 2.59. The molecule has 0 saturated carbocycles. The zero-order chi connectivity index (χ0) is 30.8. The summed E-state index contributed by atoms with van der Waals surface area (Å²) in [6, 6.07) is 44.7. The summed E-state index contributed by atoms with van der Waals surface area (Å²) in [4.78, 5) is 7.52. The van der Waals surface area contributed by atoms with Gasteiger partial charge in [0.15, 0.2) is 0 Å². The summed E-state index contributed by atoms with van der Waals surface area (Å²) in [5.41, 5.74) is 12.7. The monoisotopic (exact) mass is 596 g/mol. The molecule has 4 nitrogen and oxygen atoms in total. The molecule has 0 bridgehead atoms. The third kappa shape index (κ3) is 3.93. The van der Waals surface area contributed by atoms with Crippen LogP contribution in [-0.4, -0.2) is 24.2 Å². The standard InChI is InChI=1S/C42H36N4/c1-3-44-39-23-12-11-22-38(39)43(2)42(44)30-14-13-17-32(28-30)46-36-20-9-7-18-33(36)34-25-24-29-26-27-45(31-15-5-4-6-16-31)41(29)40(34)35-19-8-10-21-37(35)46/h4-28,35,37,42H,3H2,1-2H3. The van der Waals surface area contributed by atoms with Crippen LogP contribution in [0.3, 0.4) is 0 Å². The van der Waals surface area contributed by atoms with Gasteiger partial charge in [-0.3, -0.25) is 0 Å². The molecule has 1 aromatic heterocycles. The second-order valence-electron chi connectivity index (χ2n) is 12.5. The van der Waals surface area contributed by atoms with Crippen LogP contribution in [0.15, 0.2) is 152 Å². The van der Waals surface area contributed by atoms with Crippen molar-refractivity contribution in [3.05, 3.63) is 163 Å². The molecule has 3 heterocycles. The summed E-state index contributed by atoms with van der Waals surface area (Å²) in [5.74, 6) is 0.155. The van der Waals surface area contributed by atoms with E-state index >= 15 is 0 Å². The van der Waals surface area contributed by atoms with Crippen LogP contribution in [0.4, 0.5) is 22.7 Å². The molecule has 0 fully saturated rings. The summed E-state index contributed by atoms with van der Waals surface area (Å²) < 4.78 is 2.38. The Bertz CT molecular complexity index is 2160. The van der Waals surface area contributed by atoms with E-state index in [4.69, 9.17) is 0 Å². The normalized spacial score (nSPS) is 19.5. The number of benzene rings is 5. The van der Waals surface area contributed by atoms with Crippen LogP contribution in [0.1, 0.15) is 30.1 Å². The zero-order valence-electron chi connectivity index (χ0n) is 26.2. The Morgan fingerprint density at radius 1 is 0.630 bits per heavy atom. The molecular weight excluding hydrogens is 560 g/mol. The minimum atomic E-state index is 0.105. The van der Waals surface area contributed by atoms with E-state index in [0.29, 0.717) is 0 Å². The Morgan fingerprint density at radius 2 is 1.37 bits per heavy atom. The lowest BCUT2D eigenvalue weighted by Gasteiger charge is -2.37. The maximum absolute atomic E-state index is 2.59. The minimum Gasteiger partial charge on any atom is -0.349 e. The van der Waals surface area contributed by atoms with E-state index in [0.717, 1.165) is 6.54 Å². The predicted molar refractivity (Wildman–Crippen MR) is 193 cm³/mol. The minimum absolute atomic E-state index is 0.105. The molecule has 1 aliphatic carbocycles. The predicted octanol–water partition coefficient (Wildman–Crippen LogP) is 10.0. The van der Waals surface area contributed by atoms with Gasteiger partial charge in [0.1, 0.15) is 6.17 Å². The number of anilines is 4. The van der Waals surface area contributed by atoms with Crippen LogP contribution < -0.4 is 14.7 Å². The fourth-order valence-corrected chi connectivity index (χ4v) is 8.19. The Labute approximate surface area is 270 Å². The van der Waals surface area contributed by atoms with E-state index in [1.54, 1.807) is 0 Å². The number of fused-ring (bicyclic) bond motifs is 8. The van der Waals surface area contributed by atoms with E-state index in [1.165, 1.54) is 61.6 Å². The van der Waals surface area contributed by atoms with E-state index < -0.39 is 0 Å². The van der Waals surface area contributed by atoms with Crippen LogP contribution >= 0.6 is 0 Å². The van der Waals surface area contributed by atoms with Gasteiger partial charge in [0.05, 0.1) is 22.9 Å². The molecule has 46 heavy (non-hydrogen) atoms. The first-order valence-corrected chi connectivity index (χ1v) is 16.3. The van der Waals surface area contributed by atoms with Crippen LogP contribution in [-0.2, 0) is 0 Å². The summed E-state index contributed by atoms with van der Waals surface area (Å²) in [6.07, 6.45) is 11.6. The Kier molecular flexibility index (Phi) is 6.17. The molecule has 2 aliphatic heterocycles. The average molecular weight is 597 g/mol. The fourth-order valence-electron chi connectivity index (χ4n) is 8.19. The molecule has 0 spiro atoms. The third-order valence-electron chi connectivity index (χ3n) is 10.1. The highest BCUT2D eigenvalue weighted by molar-refractivity contribution is 5.97. The van der Waals surface area contributed by atoms with Crippen molar-refractivity contribution in [3.63, 3.8) is 0 Å². The van der Waals surface area contributed by atoms with Crippen molar-refractivity contribution in [2.45, 2.75) is 25.0 Å². The van der Waals surface area contributed by atoms with E-state index in [2.05, 4.69) is 185 Å². The lowest BCUT2D eigenvalue weighted by atomic mass is 9.83. The molecule has 0 radical (unpaired) electrons. The first-order chi connectivity index (χ1) is 22.7. The molecule has 4 heteroatoms. The van der Waals surface area contributed by atoms with Crippen LogP contribution in [0.25, 0.3) is 27.7 Å². The average Bonchev–Trinajstić information content (AvgIpc) is 3.64. The molecule has 6 aromatic rings. The van der Waals surface area contributed by atoms with Gasteiger partial charge in [-0.25, -0.2) is 0 Å². The largest absolute Gasteiger partial charge is 0.349 e. The van der Waals surface area contributed by atoms with Crippen molar-refractivity contribution in [1.29, 1.82) is 0 Å². The van der Waals surface area contributed by atoms with Gasteiger partial charge in [0, 0.05) is 53.7 Å². The number of para-hydroxylation sites is 4. The molecule has 9 rings (SSSR count). The Balaban J connectivity index is 1.24. The van der Waals surface area contributed by atoms with Gasteiger partial charge in [-0.15, -0.1) is 0 Å². The molecule has 0 saturated heterocycles. The third-order valence-corrected chi connectivity index (χ3v) is 10.1. The number of rotatable bonds is 4. The summed E-state index contributed by atoms with van der Waals surface area (Å²) in [6.45, 7) is 3.19. The SMILES string of the molecule is CCN1c2ccccc2N(C)C1c1cccc(N2c3ccccc3-c3ccc4ccn(-c5ccccc5)c4c3C3C=CC=CC32)c1. The topological polar surface area (TPSA) is 14.7 Å². The van der Waals surface area contributed by atoms with Crippen molar-refractivity contribution < 1.29 is 0 Å². The maximum Gasteiger partial charge on any atom is 0.128 e. The molecule has 0 N–H and O–H groups in total. The lowest BCUT2D eigenvalue weighted by Crippen LogP contribution is -2.35. The lowest BCUT2D eigenvalue weighted by molar-refractivity contribution is 0.656. The molecule has 3 atom stereocenters. The second kappa shape index (κ2) is 10.6. The molecule has 3 unspecified atom stereocenters. The first kappa shape index (κ1) is 26.9. The smallest absolute Gasteiger partial charge is 0.128 e. The van der Waals surface area contributed by atoms with Crippen LogP contribution in [0.2, 0.25) is 0 Å². The second-order valence-corrected chi connectivity index (χ2v) is 12.5. The van der Waals surface area contributed by atoms with Gasteiger partial charge in [0.25, 0.3) is 0 Å². The van der Waals surface area contributed by atoms with Gasteiger partial charge in [-0.05, 0) is 72.1 Å². The van der Waals surface area contributed by atoms with Crippen LogP contribution in [0.5, 0.6) is 0 Å². The zero-order valence-corrected chi connectivity index (χ0v) is 26.2. The quantitative estimate of drug-likeness (QED) is 0.201. The fraction of sp³-hybridized carbons (Fsp3) is 0.143. The van der Waals surface area contributed by atoms with Crippen molar-refractivity contribution in [3.8, 4) is 16.8 Å². The molecule has 0 amide bonds. The molecule has 3 aliphatic rings. The first-order valence-electron chi connectivity index (χ1n) is 16.3. The van der Waals surface area contributed by atoms with Crippen molar-refractivity contribution in [2.24, 2.45) is 0 Å². The Morgan fingerprint density at radius 3 is 2.22 bits per heavy atom. The van der Waals surface area contributed by atoms with Gasteiger partial charge in [-0.2, -0.15) is 0 Å². The highest BCUT2D eigenvalue weighted by Crippen LogP contribution is 2.51. The van der Waals surface area contributed by atoms with Gasteiger partial charge in [-0.1, -0.05) is 97.1 Å². The highest BCUT2D eigenvalue weighted by atomic mass is 15.4. The Hall–Kier alpha value is -5.48. The summed E-state index contributed by atoms with van der Waals surface area (Å²) in [5, 5.41) is 1.26. The number of hydrogen-bond acceptors (Lipinski definition) is 3.